The normalized spacial score (nSPS) is 10.5. The van der Waals surface area contributed by atoms with Gasteiger partial charge in [0.15, 0.2) is 0 Å². The summed E-state index contributed by atoms with van der Waals surface area (Å²) in [4.78, 5) is 0. The Morgan fingerprint density at radius 1 is 0.941 bits per heavy atom. The monoisotopic (exact) mass is 227 g/mol. The molecule has 0 aliphatic heterocycles. The van der Waals surface area contributed by atoms with Gasteiger partial charge >= 0.3 is 0 Å². The first-order valence-corrected chi connectivity index (χ1v) is 5.82. The lowest BCUT2D eigenvalue weighted by atomic mass is 10.0. The van der Waals surface area contributed by atoms with Crippen molar-refractivity contribution in [3.8, 4) is 16.9 Å². The first-order chi connectivity index (χ1) is 8.16. The second kappa shape index (κ2) is 4.91. The highest BCUT2D eigenvalue weighted by Gasteiger charge is 2.05. The van der Waals surface area contributed by atoms with Crippen LogP contribution in [0.15, 0.2) is 48.5 Å². The molecule has 2 rings (SSSR count). The van der Waals surface area contributed by atoms with Crippen LogP contribution in [0.3, 0.4) is 0 Å². The molecule has 0 heterocycles. The molecule has 2 nitrogen and oxygen atoms in total. The zero-order chi connectivity index (χ0) is 12.3. The van der Waals surface area contributed by atoms with Gasteiger partial charge < -0.3 is 10.4 Å². The van der Waals surface area contributed by atoms with E-state index >= 15 is 0 Å². The van der Waals surface area contributed by atoms with Crippen LogP contribution in [-0.2, 0) is 0 Å². The van der Waals surface area contributed by atoms with Gasteiger partial charge in [-0.15, -0.1) is 0 Å². The molecule has 0 unspecified atom stereocenters. The van der Waals surface area contributed by atoms with Crippen molar-refractivity contribution in [1.29, 1.82) is 0 Å². The Bertz CT molecular complexity index is 489. The first kappa shape index (κ1) is 11.5. The van der Waals surface area contributed by atoms with Crippen molar-refractivity contribution >= 4 is 5.69 Å². The van der Waals surface area contributed by atoms with E-state index in [0.29, 0.717) is 11.8 Å². The molecule has 0 saturated carbocycles. The van der Waals surface area contributed by atoms with Gasteiger partial charge in [-0.3, -0.25) is 0 Å². The molecule has 2 aromatic rings. The van der Waals surface area contributed by atoms with E-state index in [0.717, 1.165) is 16.8 Å². The number of rotatable bonds is 3. The highest BCUT2D eigenvalue weighted by Crippen LogP contribution is 2.29. The average Bonchev–Trinajstić information content (AvgIpc) is 2.30. The van der Waals surface area contributed by atoms with Gasteiger partial charge in [0.1, 0.15) is 5.75 Å². The second-order valence-corrected chi connectivity index (χ2v) is 4.39. The SMILES string of the molecule is CC(C)Nc1ccccc1-c1ccc(O)cc1. The molecule has 0 saturated heterocycles. The van der Waals surface area contributed by atoms with Gasteiger partial charge in [0.25, 0.3) is 0 Å². The zero-order valence-corrected chi connectivity index (χ0v) is 10.1. The van der Waals surface area contributed by atoms with E-state index < -0.39 is 0 Å². The predicted octanol–water partition coefficient (Wildman–Crippen LogP) is 3.88. The fourth-order valence-corrected chi connectivity index (χ4v) is 1.81. The summed E-state index contributed by atoms with van der Waals surface area (Å²) in [6.45, 7) is 4.24. The zero-order valence-electron chi connectivity index (χ0n) is 10.1. The number of phenols is 1. The Morgan fingerprint density at radius 2 is 1.59 bits per heavy atom. The summed E-state index contributed by atoms with van der Waals surface area (Å²) >= 11 is 0. The molecular formula is C15H17NO. The maximum atomic E-state index is 9.30. The van der Waals surface area contributed by atoms with Gasteiger partial charge in [-0.2, -0.15) is 0 Å². The van der Waals surface area contributed by atoms with Crippen molar-refractivity contribution in [2.75, 3.05) is 5.32 Å². The standard InChI is InChI=1S/C15H17NO/c1-11(2)16-15-6-4-3-5-14(15)12-7-9-13(17)10-8-12/h3-11,16-17H,1-2H3. The van der Waals surface area contributed by atoms with Crippen LogP contribution in [0.1, 0.15) is 13.8 Å². The lowest BCUT2D eigenvalue weighted by molar-refractivity contribution is 0.475. The Hall–Kier alpha value is -1.96. The van der Waals surface area contributed by atoms with Gasteiger partial charge in [-0.25, -0.2) is 0 Å². The van der Waals surface area contributed by atoms with Crippen molar-refractivity contribution < 1.29 is 5.11 Å². The molecule has 0 aliphatic carbocycles. The average molecular weight is 227 g/mol. The van der Waals surface area contributed by atoms with Gasteiger partial charge in [-0.05, 0) is 37.6 Å². The highest BCUT2D eigenvalue weighted by atomic mass is 16.3. The summed E-state index contributed by atoms with van der Waals surface area (Å²) in [7, 11) is 0. The van der Waals surface area contributed by atoms with Crippen LogP contribution in [-0.4, -0.2) is 11.1 Å². The summed E-state index contributed by atoms with van der Waals surface area (Å²) in [5.74, 6) is 0.294. The van der Waals surface area contributed by atoms with E-state index in [1.54, 1.807) is 12.1 Å². The maximum absolute atomic E-state index is 9.30. The predicted molar refractivity (Wildman–Crippen MR) is 72.3 cm³/mol. The first-order valence-electron chi connectivity index (χ1n) is 5.82. The van der Waals surface area contributed by atoms with Crippen LogP contribution >= 0.6 is 0 Å². The van der Waals surface area contributed by atoms with E-state index in [1.165, 1.54) is 0 Å². The fourth-order valence-electron chi connectivity index (χ4n) is 1.81. The molecule has 0 amide bonds. The quantitative estimate of drug-likeness (QED) is 0.834. The Labute approximate surface area is 102 Å². The summed E-state index contributed by atoms with van der Waals surface area (Å²) in [6, 6.07) is 15.9. The number of phenolic OH excluding ortho intramolecular Hbond substituents is 1. The molecule has 17 heavy (non-hydrogen) atoms. The molecule has 0 spiro atoms. The van der Waals surface area contributed by atoms with Crippen molar-refractivity contribution in [2.24, 2.45) is 0 Å². The largest absolute Gasteiger partial charge is 0.508 e. The lowest BCUT2D eigenvalue weighted by Crippen LogP contribution is -2.10. The summed E-state index contributed by atoms with van der Waals surface area (Å²) in [5.41, 5.74) is 3.38. The van der Waals surface area contributed by atoms with Crippen LogP contribution in [0.4, 0.5) is 5.69 Å². The van der Waals surface area contributed by atoms with E-state index in [2.05, 4.69) is 31.3 Å². The lowest BCUT2D eigenvalue weighted by Gasteiger charge is -2.14. The number of anilines is 1. The smallest absolute Gasteiger partial charge is 0.115 e. The molecule has 2 heteroatoms. The minimum absolute atomic E-state index is 0.294. The maximum Gasteiger partial charge on any atom is 0.115 e. The molecule has 0 bridgehead atoms. The molecule has 0 atom stereocenters. The van der Waals surface area contributed by atoms with Crippen molar-refractivity contribution in [1.82, 2.24) is 0 Å². The Balaban J connectivity index is 2.40. The minimum atomic E-state index is 0.294. The van der Waals surface area contributed by atoms with Crippen LogP contribution in [0, 0.1) is 0 Å². The molecule has 0 fully saturated rings. The number of aromatic hydroxyl groups is 1. The molecule has 0 aliphatic rings. The van der Waals surface area contributed by atoms with E-state index in [1.807, 2.05) is 24.3 Å². The van der Waals surface area contributed by atoms with Crippen LogP contribution in [0.25, 0.3) is 11.1 Å². The van der Waals surface area contributed by atoms with Crippen molar-refractivity contribution in [3.05, 3.63) is 48.5 Å². The van der Waals surface area contributed by atoms with Crippen molar-refractivity contribution in [2.45, 2.75) is 19.9 Å². The van der Waals surface area contributed by atoms with Crippen LogP contribution in [0.5, 0.6) is 5.75 Å². The third-order valence-corrected chi connectivity index (χ3v) is 2.55. The van der Waals surface area contributed by atoms with Crippen LogP contribution in [0.2, 0.25) is 0 Å². The highest BCUT2D eigenvalue weighted by molar-refractivity contribution is 5.78. The molecular weight excluding hydrogens is 210 g/mol. The van der Waals surface area contributed by atoms with Gasteiger partial charge in [0, 0.05) is 17.3 Å². The van der Waals surface area contributed by atoms with E-state index in [4.69, 9.17) is 0 Å². The third kappa shape index (κ3) is 2.78. The molecule has 0 aromatic heterocycles. The third-order valence-electron chi connectivity index (χ3n) is 2.55. The number of hydrogen-bond acceptors (Lipinski definition) is 2. The van der Waals surface area contributed by atoms with Gasteiger partial charge in [-0.1, -0.05) is 30.3 Å². The van der Waals surface area contributed by atoms with E-state index in [9.17, 15) is 5.11 Å². The molecule has 88 valence electrons. The van der Waals surface area contributed by atoms with Gasteiger partial charge in [0.05, 0.1) is 0 Å². The summed E-state index contributed by atoms with van der Waals surface area (Å²) < 4.78 is 0. The number of benzene rings is 2. The van der Waals surface area contributed by atoms with Crippen LogP contribution < -0.4 is 5.32 Å². The molecule has 0 radical (unpaired) electrons. The number of nitrogens with one attached hydrogen (secondary N) is 1. The number of para-hydroxylation sites is 1. The molecule has 2 aromatic carbocycles. The van der Waals surface area contributed by atoms with E-state index in [-0.39, 0.29) is 0 Å². The fraction of sp³-hybridized carbons (Fsp3) is 0.200. The minimum Gasteiger partial charge on any atom is -0.508 e. The topological polar surface area (TPSA) is 32.3 Å². The number of hydrogen-bond donors (Lipinski definition) is 2. The summed E-state index contributed by atoms with van der Waals surface area (Å²) in [6.07, 6.45) is 0. The van der Waals surface area contributed by atoms with Gasteiger partial charge in [0.2, 0.25) is 0 Å². The molecule has 2 N–H and O–H groups in total. The Morgan fingerprint density at radius 3 is 2.24 bits per heavy atom. The summed E-state index contributed by atoms with van der Waals surface area (Å²) in [5, 5.41) is 12.7. The van der Waals surface area contributed by atoms with Crippen molar-refractivity contribution in [3.63, 3.8) is 0 Å². The Kier molecular flexibility index (Phi) is 3.33. The second-order valence-electron chi connectivity index (χ2n) is 4.39.